The minimum Gasteiger partial charge on any atom is -0.458 e. The Hall–Kier alpha value is -1.31. The summed E-state index contributed by atoms with van der Waals surface area (Å²) in [5.74, 6) is -0.215. The zero-order valence-electron chi connectivity index (χ0n) is 8.69. The maximum absolute atomic E-state index is 10.9. The Labute approximate surface area is 84.9 Å². The molecule has 0 fully saturated rings. The number of benzene rings is 1. The van der Waals surface area contributed by atoms with E-state index < -0.39 is 0 Å². The number of hydrogen-bond donors (Lipinski definition) is 0. The first-order chi connectivity index (χ1) is 6.74. The van der Waals surface area contributed by atoms with Gasteiger partial charge in [-0.05, 0) is 12.0 Å². The maximum atomic E-state index is 10.9. The normalized spacial score (nSPS) is 12.1. The molecule has 0 saturated heterocycles. The Bertz CT molecular complexity index is 280. The van der Waals surface area contributed by atoms with Gasteiger partial charge in [-0.15, -0.1) is 0 Å². The monoisotopic (exact) mass is 192 g/mol. The van der Waals surface area contributed by atoms with Crippen LogP contribution in [0.3, 0.4) is 0 Å². The van der Waals surface area contributed by atoms with Gasteiger partial charge in [-0.1, -0.05) is 43.7 Å². The SMILES string of the molecule is CCC[C@H](OC(C)=O)c1ccccc1. The van der Waals surface area contributed by atoms with Crippen molar-refractivity contribution in [2.24, 2.45) is 0 Å². The Balaban J connectivity index is 2.72. The summed E-state index contributed by atoms with van der Waals surface area (Å²) in [4.78, 5) is 10.9. The van der Waals surface area contributed by atoms with Crippen molar-refractivity contribution in [2.75, 3.05) is 0 Å². The highest BCUT2D eigenvalue weighted by atomic mass is 16.5. The lowest BCUT2D eigenvalue weighted by molar-refractivity contribution is -0.147. The van der Waals surface area contributed by atoms with Crippen LogP contribution in [0.25, 0.3) is 0 Å². The van der Waals surface area contributed by atoms with Crippen molar-refractivity contribution in [1.82, 2.24) is 0 Å². The fourth-order valence-corrected chi connectivity index (χ4v) is 1.42. The molecule has 0 unspecified atom stereocenters. The van der Waals surface area contributed by atoms with E-state index in [1.807, 2.05) is 30.3 Å². The number of hydrogen-bond acceptors (Lipinski definition) is 2. The lowest BCUT2D eigenvalue weighted by atomic mass is 10.1. The van der Waals surface area contributed by atoms with Crippen LogP contribution in [0.4, 0.5) is 0 Å². The first kappa shape index (κ1) is 10.8. The Morgan fingerprint density at radius 1 is 1.36 bits per heavy atom. The van der Waals surface area contributed by atoms with Crippen LogP contribution in [0.1, 0.15) is 38.4 Å². The average Bonchev–Trinajstić information content (AvgIpc) is 2.18. The topological polar surface area (TPSA) is 26.3 Å². The van der Waals surface area contributed by atoms with Crippen LogP contribution in [0.15, 0.2) is 30.3 Å². The Morgan fingerprint density at radius 2 is 2.00 bits per heavy atom. The molecule has 0 spiro atoms. The minimum absolute atomic E-state index is 0.0845. The van der Waals surface area contributed by atoms with Crippen molar-refractivity contribution in [2.45, 2.75) is 32.8 Å². The van der Waals surface area contributed by atoms with Gasteiger partial charge in [0.2, 0.25) is 0 Å². The summed E-state index contributed by atoms with van der Waals surface area (Å²) in [5.41, 5.74) is 1.07. The van der Waals surface area contributed by atoms with E-state index in [9.17, 15) is 4.79 Å². The molecule has 14 heavy (non-hydrogen) atoms. The molecule has 0 bridgehead atoms. The Morgan fingerprint density at radius 3 is 2.50 bits per heavy atom. The zero-order chi connectivity index (χ0) is 10.4. The van der Waals surface area contributed by atoms with Gasteiger partial charge in [-0.2, -0.15) is 0 Å². The fraction of sp³-hybridized carbons (Fsp3) is 0.417. The quantitative estimate of drug-likeness (QED) is 0.685. The molecule has 0 amide bonds. The lowest BCUT2D eigenvalue weighted by Gasteiger charge is -2.16. The summed E-state index contributed by atoms with van der Waals surface area (Å²) >= 11 is 0. The van der Waals surface area contributed by atoms with E-state index in [-0.39, 0.29) is 12.1 Å². The largest absolute Gasteiger partial charge is 0.458 e. The molecule has 0 aliphatic heterocycles. The summed E-state index contributed by atoms with van der Waals surface area (Å²) in [6, 6.07) is 9.86. The summed E-state index contributed by atoms with van der Waals surface area (Å²) < 4.78 is 5.24. The summed E-state index contributed by atoms with van der Waals surface area (Å²) in [7, 11) is 0. The molecule has 0 aliphatic rings. The predicted molar refractivity (Wildman–Crippen MR) is 55.9 cm³/mol. The summed E-state index contributed by atoms with van der Waals surface area (Å²) in [6.45, 7) is 3.53. The molecule has 0 radical (unpaired) electrons. The van der Waals surface area contributed by atoms with Crippen LogP contribution in [0.2, 0.25) is 0 Å². The third-order valence-corrected chi connectivity index (χ3v) is 2.03. The Kier molecular flexibility index (Phi) is 4.17. The molecule has 0 aliphatic carbocycles. The molecule has 2 nitrogen and oxygen atoms in total. The highest BCUT2D eigenvalue weighted by Gasteiger charge is 2.12. The number of esters is 1. The molecule has 1 atom stereocenters. The molecular weight excluding hydrogens is 176 g/mol. The van der Waals surface area contributed by atoms with Crippen LogP contribution >= 0.6 is 0 Å². The van der Waals surface area contributed by atoms with Gasteiger partial charge in [-0.25, -0.2) is 0 Å². The average molecular weight is 192 g/mol. The van der Waals surface area contributed by atoms with E-state index in [4.69, 9.17) is 4.74 Å². The van der Waals surface area contributed by atoms with Crippen LogP contribution in [0, 0.1) is 0 Å². The van der Waals surface area contributed by atoms with Gasteiger partial charge in [0.1, 0.15) is 6.10 Å². The molecule has 0 aromatic heterocycles. The molecule has 76 valence electrons. The van der Waals surface area contributed by atoms with Gasteiger partial charge >= 0.3 is 5.97 Å². The van der Waals surface area contributed by atoms with Crippen molar-refractivity contribution in [3.63, 3.8) is 0 Å². The highest BCUT2D eigenvalue weighted by molar-refractivity contribution is 5.66. The first-order valence-electron chi connectivity index (χ1n) is 4.96. The fourth-order valence-electron chi connectivity index (χ4n) is 1.42. The molecule has 0 N–H and O–H groups in total. The molecule has 0 saturated carbocycles. The van der Waals surface area contributed by atoms with E-state index in [0.717, 1.165) is 18.4 Å². The van der Waals surface area contributed by atoms with Crippen LogP contribution in [0.5, 0.6) is 0 Å². The number of carbonyl (C=O) groups excluding carboxylic acids is 1. The predicted octanol–water partition coefficient (Wildman–Crippen LogP) is 3.09. The highest BCUT2D eigenvalue weighted by Crippen LogP contribution is 2.22. The van der Waals surface area contributed by atoms with Crippen LogP contribution in [-0.2, 0) is 9.53 Å². The van der Waals surface area contributed by atoms with Gasteiger partial charge in [0.15, 0.2) is 0 Å². The number of ether oxygens (including phenoxy) is 1. The smallest absolute Gasteiger partial charge is 0.303 e. The second-order valence-electron chi connectivity index (χ2n) is 3.30. The molecule has 1 aromatic carbocycles. The molecule has 1 aromatic rings. The van der Waals surface area contributed by atoms with Crippen molar-refractivity contribution >= 4 is 5.97 Å². The van der Waals surface area contributed by atoms with Crippen molar-refractivity contribution in [3.05, 3.63) is 35.9 Å². The number of carbonyl (C=O) groups is 1. The van der Waals surface area contributed by atoms with Gasteiger partial charge in [-0.3, -0.25) is 4.79 Å². The second kappa shape index (κ2) is 5.43. The third kappa shape index (κ3) is 3.21. The third-order valence-electron chi connectivity index (χ3n) is 2.03. The van der Waals surface area contributed by atoms with Crippen molar-refractivity contribution < 1.29 is 9.53 Å². The molecule has 2 heteroatoms. The number of rotatable bonds is 4. The van der Waals surface area contributed by atoms with Gasteiger partial charge in [0.25, 0.3) is 0 Å². The first-order valence-corrected chi connectivity index (χ1v) is 4.96. The van der Waals surface area contributed by atoms with E-state index in [2.05, 4.69) is 6.92 Å². The molecular formula is C12H16O2. The van der Waals surface area contributed by atoms with Crippen molar-refractivity contribution in [3.8, 4) is 0 Å². The van der Waals surface area contributed by atoms with E-state index >= 15 is 0 Å². The minimum atomic E-state index is -0.215. The van der Waals surface area contributed by atoms with Crippen LogP contribution < -0.4 is 0 Å². The van der Waals surface area contributed by atoms with E-state index in [0.29, 0.717) is 0 Å². The standard InChI is InChI=1S/C12H16O2/c1-3-7-12(14-10(2)13)11-8-5-4-6-9-11/h4-6,8-9,12H,3,7H2,1-2H3/t12-/m0/s1. The summed E-state index contributed by atoms with van der Waals surface area (Å²) in [5, 5.41) is 0. The van der Waals surface area contributed by atoms with Gasteiger partial charge in [0, 0.05) is 6.92 Å². The van der Waals surface area contributed by atoms with Crippen molar-refractivity contribution in [1.29, 1.82) is 0 Å². The summed E-state index contributed by atoms with van der Waals surface area (Å²) in [6.07, 6.45) is 1.80. The van der Waals surface area contributed by atoms with Gasteiger partial charge < -0.3 is 4.74 Å². The zero-order valence-corrected chi connectivity index (χ0v) is 8.69. The maximum Gasteiger partial charge on any atom is 0.303 e. The molecule has 0 heterocycles. The van der Waals surface area contributed by atoms with E-state index in [1.54, 1.807) is 0 Å². The van der Waals surface area contributed by atoms with Crippen LogP contribution in [-0.4, -0.2) is 5.97 Å². The lowest BCUT2D eigenvalue weighted by Crippen LogP contribution is -2.08. The van der Waals surface area contributed by atoms with E-state index in [1.165, 1.54) is 6.92 Å². The molecule has 1 rings (SSSR count). The van der Waals surface area contributed by atoms with Gasteiger partial charge in [0.05, 0.1) is 0 Å². The second-order valence-corrected chi connectivity index (χ2v) is 3.30.